The van der Waals surface area contributed by atoms with Gasteiger partial charge in [0.25, 0.3) is 11.8 Å². The molecule has 2 saturated heterocycles. The Bertz CT molecular complexity index is 2760. The lowest BCUT2D eigenvalue weighted by Crippen LogP contribution is -2.31. The van der Waals surface area contributed by atoms with E-state index in [1.54, 1.807) is 24.8 Å². The van der Waals surface area contributed by atoms with Crippen molar-refractivity contribution in [2.75, 3.05) is 51.0 Å². The van der Waals surface area contributed by atoms with Crippen LogP contribution in [0.5, 0.6) is 0 Å². The van der Waals surface area contributed by atoms with E-state index in [0.717, 1.165) is 59.9 Å². The Morgan fingerprint density at radius 1 is 0.609 bits per heavy atom. The van der Waals surface area contributed by atoms with Gasteiger partial charge in [-0.15, -0.1) is 0 Å². The smallest absolute Gasteiger partial charge is 0.273 e. The molecule has 18 nitrogen and oxygen atoms in total. The van der Waals surface area contributed by atoms with Crippen molar-refractivity contribution in [2.45, 2.75) is 26.7 Å². The molecular weight excluding hydrogens is 813 g/mol. The van der Waals surface area contributed by atoms with Crippen molar-refractivity contribution in [1.29, 1.82) is 0 Å². The van der Waals surface area contributed by atoms with Crippen LogP contribution in [0, 0.1) is 25.7 Å². The minimum atomic E-state index is -0.351. The molecule has 0 aromatic carbocycles. The number of carbonyl (C=O) groups is 2. The van der Waals surface area contributed by atoms with E-state index in [-0.39, 0.29) is 34.8 Å². The first-order valence-corrected chi connectivity index (χ1v) is 21.0. The second kappa shape index (κ2) is 18.3. The monoisotopic (exact) mass is 858 g/mol. The van der Waals surface area contributed by atoms with Gasteiger partial charge in [0.05, 0.1) is 24.6 Å². The largest absolute Gasteiger partial charge is 0.382 e. The molecule has 10 heterocycles. The zero-order valence-electron chi connectivity index (χ0n) is 35.3. The number of imidazole rings is 2. The summed E-state index contributed by atoms with van der Waals surface area (Å²) in [5.41, 5.74) is 21.1. The third-order valence-corrected chi connectivity index (χ3v) is 11.2. The maximum atomic E-state index is 12.9. The van der Waals surface area contributed by atoms with Gasteiger partial charge in [-0.05, 0) is 75.2 Å². The average molecular weight is 859 g/mol. The number of rotatable bonds is 10. The van der Waals surface area contributed by atoms with Crippen LogP contribution in [0.4, 0.5) is 11.6 Å². The van der Waals surface area contributed by atoms with Gasteiger partial charge in [0.2, 0.25) is 0 Å². The van der Waals surface area contributed by atoms with E-state index in [1.807, 2.05) is 95.7 Å². The molecular formula is C46H46N14O4. The molecule has 8 aromatic heterocycles. The SMILES string of the molecule is Cc1cnc2ccc(-c3nc(C(=O)NCC4CCOC4)c(N)nc3-c3ccccn3)cn12.Cc1cnc2ccc(-c3nc(C(=O)NCC4CCOC4)c(N)nc3-c3ccccn3)cn12. The minimum absolute atomic E-state index is 0.0643. The van der Waals surface area contributed by atoms with Crippen LogP contribution in [0.25, 0.3) is 56.6 Å². The lowest BCUT2D eigenvalue weighted by atomic mass is 10.1. The number of aryl methyl sites for hydroxylation is 2. The van der Waals surface area contributed by atoms with Crippen molar-refractivity contribution < 1.29 is 19.1 Å². The molecule has 0 saturated carbocycles. The highest BCUT2D eigenvalue weighted by molar-refractivity contribution is 5.98. The first kappa shape index (κ1) is 41.6. The van der Waals surface area contributed by atoms with Gasteiger partial charge in [-0.3, -0.25) is 19.6 Å². The quantitative estimate of drug-likeness (QED) is 0.141. The van der Waals surface area contributed by atoms with Crippen molar-refractivity contribution in [3.05, 3.63) is 121 Å². The number of fused-ring (bicyclic) bond motifs is 2. The lowest BCUT2D eigenvalue weighted by molar-refractivity contribution is 0.0932. The van der Waals surface area contributed by atoms with Crippen LogP contribution in [-0.2, 0) is 9.47 Å². The van der Waals surface area contributed by atoms with Gasteiger partial charge in [0.1, 0.15) is 34.1 Å². The Balaban J connectivity index is 0.000000162. The molecule has 2 unspecified atom stereocenters. The second-order valence-corrected chi connectivity index (χ2v) is 15.7. The Labute approximate surface area is 367 Å². The number of ether oxygens (including phenoxy) is 2. The van der Waals surface area contributed by atoms with Gasteiger partial charge in [0.15, 0.2) is 23.0 Å². The Morgan fingerprint density at radius 3 is 1.45 bits per heavy atom. The summed E-state index contributed by atoms with van der Waals surface area (Å²) in [4.78, 5) is 61.9. The highest BCUT2D eigenvalue weighted by atomic mass is 16.5. The summed E-state index contributed by atoms with van der Waals surface area (Å²) in [6.07, 6.45) is 12.7. The predicted octanol–water partition coefficient (Wildman–Crippen LogP) is 5.02. The van der Waals surface area contributed by atoms with Gasteiger partial charge in [-0.2, -0.15) is 0 Å². The standard InChI is InChI=1S/2C23H23N7O2/c2*1-14-10-26-18-6-5-16(12-30(14)18)19-20(17-4-2-3-8-25-17)29-22(24)21(28-19)23(31)27-11-15-7-9-32-13-15/h2*2-6,8,10,12,15H,7,9,11,13H2,1H3,(H2,24,29)(H,27,31). The number of pyridine rings is 4. The number of carbonyl (C=O) groups excluding carboxylic acids is 2. The number of hydrogen-bond acceptors (Lipinski definition) is 14. The van der Waals surface area contributed by atoms with Crippen LogP contribution in [0.3, 0.4) is 0 Å². The topological polar surface area (TPSA) is 241 Å². The van der Waals surface area contributed by atoms with Gasteiger partial charge >= 0.3 is 0 Å². The Hall–Kier alpha value is -7.70. The van der Waals surface area contributed by atoms with Crippen molar-refractivity contribution in [3.8, 4) is 45.3 Å². The maximum Gasteiger partial charge on any atom is 0.273 e. The van der Waals surface area contributed by atoms with Crippen molar-refractivity contribution in [3.63, 3.8) is 0 Å². The fraction of sp³-hybridized carbons (Fsp3) is 0.261. The van der Waals surface area contributed by atoms with Gasteiger partial charge in [-0.1, -0.05) is 12.1 Å². The Morgan fingerprint density at radius 2 is 1.06 bits per heavy atom. The molecule has 2 amide bonds. The van der Waals surface area contributed by atoms with Crippen LogP contribution in [0.1, 0.15) is 45.2 Å². The van der Waals surface area contributed by atoms with E-state index < -0.39 is 0 Å². The van der Waals surface area contributed by atoms with Crippen molar-refractivity contribution in [1.82, 2.24) is 59.3 Å². The van der Waals surface area contributed by atoms with Gasteiger partial charge in [-0.25, -0.2) is 29.9 Å². The van der Waals surface area contributed by atoms with Gasteiger partial charge < -0.3 is 40.4 Å². The van der Waals surface area contributed by atoms with E-state index in [9.17, 15) is 9.59 Å². The second-order valence-electron chi connectivity index (χ2n) is 15.7. The average Bonchev–Trinajstić information content (AvgIpc) is 4.18. The summed E-state index contributed by atoms with van der Waals surface area (Å²) < 4.78 is 14.7. The summed E-state index contributed by atoms with van der Waals surface area (Å²) in [5, 5.41) is 5.84. The highest BCUT2D eigenvalue weighted by Crippen LogP contribution is 2.32. The summed E-state index contributed by atoms with van der Waals surface area (Å²) in [5.74, 6) is 0.0224. The van der Waals surface area contributed by atoms with Crippen molar-refractivity contribution >= 4 is 34.7 Å². The summed E-state index contributed by atoms with van der Waals surface area (Å²) in [6, 6.07) is 18.7. The maximum absolute atomic E-state index is 12.9. The molecule has 64 heavy (non-hydrogen) atoms. The van der Waals surface area contributed by atoms with Crippen LogP contribution in [-0.4, -0.2) is 100 Å². The number of anilines is 2. The van der Waals surface area contributed by atoms with Crippen LogP contribution in [0.15, 0.2) is 97.8 Å². The zero-order chi connectivity index (χ0) is 44.2. The number of nitrogens with two attached hydrogens (primary N) is 2. The summed E-state index contributed by atoms with van der Waals surface area (Å²) in [7, 11) is 0. The third kappa shape index (κ3) is 8.81. The minimum Gasteiger partial charge on any atom is -0.382 e. The number of amides is 2. The van der Waals surface area contributed by atoms with Crippen LogP contribution >= 0.6 is 0 Å². The van der Waals surface area contributed by atoms with E-state index in [2.05, 4.69) is 50.5 Å². The molecule has 2 aliphatic rings. The first-order chi connectivity index (χ1) is 31.2. The summed E-state index contributed by atoms with van der Waals surface area (Å²) in [6.45, 7) is 7.72. The third-order valence-electron chi connectivity index (χ3n) is 11.2. The molecule has 2 aliphatic heterocycles. The molecule has 6 N–H and O–H groups in total. The van der Waals surface area contributed by atoms with E-state index in [1.165, 1.54) is 0 Å². The number of hydrogen-bond donors (Lipinski definition) is 4. The number of nitrogen functional groups attached to an aromatic ring is 2. The predicted molar refractivity (Wildman–Crippen MR) is 240 cm³/mol. The molecule has 0 spiro atoms. The highest BCUT2D eigenvalue weighted by Gasteiger charge is 2.25. The van der Waals surface area contributed by atoms with E-state index >= 15 is 0 Å². The molecule has 2 fully saturated rings. The molecule has 0 radical (unpaired) electrons. The van der Waals surface area contributed by atoms with Crippen LogP contribution < -0.4 is 22.1 Å². The molecule has 10 rings (SSSR count). The molecule has 8 aromatic rings. The zero-order valence-corrected chi connectivity index (χ0v) is 35.3. The molecule has 2 atom stereocenters. The van der Waals surface area contributed by atoms with Crippen molar-refractivity contribution in [2.24, 2.45) is 11.8 Å². The normalized spacial score (nSPS) is 15.8. The van der Waals surface area contributed by atoms with E-state index in [4.69, 9.17) is 20.9 Å². The number of nitrogens with zero attached hydrogens (tertiary/aromatic N) is 10. The number of nitrogens with one attached hydrogen (secondary N) is 2. The molecule has 324 valence electrons. The molecule has 0 aliphatic carbocycles. The fourth-order valence-corrected chi connectivity index (χ4v) is 7.61. The fourth-order valence-electron chi connectivity index (χ4n) is 7.61. The van der Waals surface area contributed by atoms with E-state index in [0.29, 0.717) is 72.3 Å². The van der Waals surface area contributed by atoms with Gasteiger partial charge in [0, 0.05) is 97.8 Å². The summed E-state index contributed by atoms with van der Waals surface area (Å²) >= 11 is 0. The Kier molecular flexibility index (Phi) is 11.9. The molecule has 0 bridgehead atoms. The molecule has 18 heteroatoms. The first-order valence-electron chi connectivity index (χ1n) is 21.0. The lowest BCUT2D eigenvalue weighted by Gasteiger charge is -2.14. The van der Waals surface area contributed by atoms with Crippen LogP contribution in [0.2, 0.25) is 0 Å². The number of aromatic nitrogens is 10.